The van der Waals surface area contributed by atoms with Crippen LogP contribution in [0.2, 0.25) is 0 Å². The third-order valence-electron chi connectivity index (χ3n) is 8.37. The smallest absolute Gasteiger partial charge is 0.362 e. The van der Waals surface area contributed by atoms with E-state index >= 15 is 0 Å². The topological polar surface area (TPSA) is 23.8 Å². The van der Waals surface area contributed by atoms with E-state index in [0.717, 1.165) is 29.9 Å². The molecule has 0 N–H and O–H groups in total. The zero-order valence-corrected chi connectivity index (χ0v) is 29.4. The summed E-state index contributed by atoms with van der Waals surface area (Å²) in [5.41, 5.74) is 11.7. The number of pyridine rings is 1. The first-order valence-electron chi connectivity index (χ1n) is 15.6. The van der Waals surface area contributed by atoms with E-state index in [4.69, 9.17) is 0 Å². The van der Waals surface area contributed by atoms with Gasteiger partial charge in [-0.05, 0) is 50.4 Å². The van der Waals surface area contributed by atoms with Gasteiger partial charge in [0.1, 0.15) is 5.69 Å². The van der Waals surface area contributed by atoms with Crippen molar-refractivity contribution < 1.29 is 24.7 Å². The SMILES string of the molecule is CCCC[N+]1=C=[N+](c2[c-]cc3c4ccccc4n(C(C)C)c3c2)c2ccccc21.Cc1c[c-]c(-c2cc(C)c(C)cn2)cc1.[Ir]. The summed E-state index contributed by atoms with van der Waals surface area (Å²) in [7, 11) is 0. The summed E-state index contributed by atoms with van der Waals surface area (Å²) in [5, 5.41) is 2.55. The first-order chi connectivity index (χ1) is 21.4. The van der Waals surface area contributed by atoms with Crippen molar-refractivity contribution >= 4 is 44.9 Å². The molecule has 1 aliphatic heterocycles. The number of aryl methyl sites for hydroxylation is 3. The normalized spacial score (nSPS) is 12.0. The van der Waals surface area contributed by atoms with Gasteiger partial charge in [0.15, 0.2) is 6.54 Å². The Morgan fingerprint density at radius 3 is 2.29 bits per heavy atom. The van der Waals surface area contributed by atoms with E-state index in [1.165, 1.54) is 56.3 Å². The molecule has 1 aliphatic rings. The van der Waals surface area contributed by atoms with Gasteiger partial charge in [0.2, 0.25) is 0 Å². The summed E-state index contributed by atoms with van der Waals surface area (Å²) >= 11 is 0. The minimum atomic E-state index is 0. The second-order valence-corrected chi connectivity index (χ2v) is 12.0. The molecule has 5 heteroatoms. The van der Waals surface area contributed by atoms with Gasteiger partial charge >= 0.3 is 6.01 Å². The third kappa shape index (κ3) is 6.49. The van der Waals surface area contributed by atoms with Crippen LogP contribution in [0, 0.1) is 32.9 Å². The number of para-hydroxylation sites is 3. The van der Waals surface area contributed by atoms with Crippen molar-refractivity contribution in [3.8, 4) is 11.3 Å². The van der Waals surface area contributed by atoms with Crippen LogP contribution < -0.4 is 4.58 Å². The Hall–Kier alpha value is -4.14. The van der Waals surface area contributed by atoms with Crippen molar-refractivity contribution in [3.05, 3.63) is 120 Å². The molecule has 0 saturated heterocycles. The number of hydrogen-bond acceptors (Lipinski definition) is 1. The van der Waals surface area contributed by atoms with Gasteiger partial charge in [-0.25, -0.2) is 0 Å². The molecular weight excluding hydrogens is 729 g/mol. The van der Waals surface area contributed by atoms with E-state index < -0.39 is 0 Å². The average Bonchev–Trinajstić information content (AvgIpc) is 3.57. The molecule has 7 rings (SSSR count). The minimum Gasteiger partial charge on any atom is -0.362 e. The Morgan fingerprint density at radius 2 is 1.58 bits per heavy atom. The van der Waals surface area contributed by atoms with Crippen LogP contribution in [0.5, 0.6) is 0 Å². The van der Waals surface area contributed by atoms with Crippen LogP contribution in [0.3, 0.4) is 0 Å². The van der Waals surface area contributed by atoms with Crippen molar-refractivity contribution in [2.75, 3.05) is 6.54 Å². The number of aromatic nitrogens is 2. The molecule has 6 aromatic rings. The fraction of sp³-hybridized carbons (Fsp3) is 0.250. The minimum absolute atomic E-state index is 0. The van der Waals surface area contributed by atoms with Crippen molar-refractivity contribution in [2.45, 2.75) is 60.4 Å². The fourth-order valence-electron chi connectivity index (χ4n) is 5.82. The van der Waals surface area contributed by atoms with E-state index in [1.54, 1.807) is 0 Å². The molecular formula is C40H40IrN4. The number of fused-ring (bicyclic) bond motifs is 4. The first kappa shape index (κ1) is 32.3. The molecule has 0 atom stereocenters. The summed E-state index contributed by atoms with van der Waals surface area (Å²) in [6.07, 6.45) is 4.24. The van der Waals surface area contributed by atoms with Crippen LogP contribution in [0.15, 0.2) is 91.1 Å². The van der Waals surface area contributed by atoms with Crippen molar-refractivity contribution in [1.82, 2.24) is 14.1 Å². The molecule has 3 heterocycles. The zero-order valence-electron chi connectivity index (χ0n) is 27.0. The van der Waals surface area contributed by atoms with Gasteiger partial charge in [-0.1, -0.05) is 83.0 Å². The molecule has 0 bridgehead atoms. The second kappa shape index (κ2) is 13.9. The molecule has 4 nitrogen and oxygen atoms in total. The molecule has 0 saturated carbocycles. The van der Waals surface area contributed by atoms with Gasteiger partial charge in [-0.15, -0.1) is 46.8 Å². The van der Waals surface area contributed by atoms with Crippen molar-refractivity contribution in [2.24, 2.45) is 0 Å². The van der Waals surface area contributed by atoms with Crippen LogP contribution in [-0.4, -0.2) is 26.7 Å². The largest absolute Gasteiger partial charge is 0.494 e. The quantitative estimate of drug-likeness (QED) is 0.122. The predicted octanol–water partition coefficient (Wildman–Crippen LogP) is 10.1. The molecule has 1 radical (unpaired) electrons. The van der Waals surface area contributed by atoms with E-state index in [1.807, 2.05) is 12.3 Å². The average molecular weight is 769 g/mol. The predicted molar refractivity (Wildman–Crippen MR) is 184 cm³/mol. The standard InChI is InChI=1S/C26H26N3.C14H14N.Ir/c1-4-5-16-27-18-28(25-13-9-8-12-24(25)27)20-14-15-22-21-10-6-7-11-23(21)29(19(2)3)26(22)17-20;1-10-4-6-13(7-5-10)14-8-11(2)12(3)9-15-14;/h6-13,15,17,19H,4-5,16H2,1-3H3;4-6,8-9H,1-3H3;/q+1;-1;. The maximum absolute atomic E-state index is 4.41. The molecule has 2 aromatic heterocycles. The fourth-order valence-corrected chi connectivity index (χ4v) is 5.82. The maximum atomic E-state index is 4.41. The molecule has 45 heavy (non-hydrogen) atoms. The van der Waals surface area contributed by atoms with Crippen LogP contribution in [0.4, 0.5) is 17.1 Å². The summed E-state index contributed by atoms with van der Waals surface area (Å²) in [4.78, 5) is 4.41. The van der Waals surface area contributed by atoms with Gasteiger partial charge in [0, 0.05) is 56.4 Å². The van der Waals surface area contributed by atoms with Crippen LogP contribution in [0.25, 0.3) is 33.1 Å². The molecule has 229 valence electrons. The monoisotopic (exact) mass is 769 g/mol. The van der Waals surface area contributed by atoms with Crippen molar-refractivity contribution in [1.29, 1.82) is 0 Å². The van der Waals surface area contributed by atoms with E-state index in [9.17, 15) is 0 Å². The summed E-state index contributed by atoms with van der Waals surface area (Å²) < 4.78 is 6.83. The summed E-state index contributed by atoms with van der Waals surface area (Å²) in [6.45, 7) is 14.0. The maximum Gasteiger partial charge on any atom is 0.494 e. The molecule has 0 amide bonds. The van der Waals surface area contributed by atoms with Gasteiger partial charge in [0.05, 0.1) is 0 Å². The van der Waals surface area contributed by atoms with Crippen LogP contribution in [-0.2, 0) is 20.1 Å². The summed E-state index contributed by atoms with van der Waals surface area (Å²) in [5.74, 6) is 0. The van der Waals surface area contributed by atoms with E-state index in [0.29, 0.717) is 6.04 Å². The van der Waals surface area contributed by atoms with Crippen molar-refractivity contribution in [3.63, 3.8) is 0 Å². The molecule has 4 aromatic carbocycles. The molecule has 0 aliphatic carbocycles. The summed E-state index contributed by atoms with van der Waals surface area (Å²) in [6, 6.07) is 40.6. The number of benzene rings is 4. The van der Waals surface area contributed by atoms with Gasteiger partial charge < -0.3 is 9.55 Å². The van der Waals surface area contributed by atoms with Crippen LogP contribution >= 0.6 is 0 Å². The Bertz CT molecular complexity index is 2040. The number of hydrogen-bond donors (Lipinski definition) is 0. The Labute approximate surface area is 280 Å². The Morgan fingerprint density at radius 1 is 0.822 bits per heavy atom. The van der Waals surface area contributed by atoms with Gasteiger partial charge in [0.25, 0.3) is 11.4 Å². The van der Waals surface area contributed by atoms with Gasteiger partial charge in [-0.3, -0.25) is 0 Å². The van der Waals surface area contributed by atoms with Crippen LogP contribution in [0.1, 0.15) is 56.3 Å². The van der Waals surface area contributed by atoms with E-state index in [-0.39, 0.29) is 20.1 Å². The number of nitrogens with zero attached hydrogens (tertiary/aromatic N) is 4. The number of rotatable bonds is 6. The Kier molecular flexibility index (Phi) is 9.95. The first-order valence-corrected chi connectivity index (χ1v) is 15.6. The second-order valence-electron chi connectivity index (χ2n) is 12.0. The zero-order chi connectivity index (χ0) is 30.8. The number of unbranched alkanes of at least 4 members (excludes halogenated alkanes) is 1. The Balaban J connectivity index is 0.000000212. The molecule has 0 unspecified atom stereocenters. The molecule has 0 fully saturated rings. The van der Waals surface area contributed by atoms with Gasteiger partial charge in [-0.2, -0.15) is 6.07 Å². The third-order valence-corrected chi connectivity index (χ3v) is 8.37. The van der Waals surface area contributed by atoms with E-state index in [2.05, 4.69) is 157 Å². The molecule has 0 spiro atoms.